The molecule has 159 valence electrons. The van der Waals surface area contributed by atoms with E-state index in [2.05, 4.69) is 78.5 Å². The van der Waals surface area contributed by atoms with Crippen LogP contribution < -0.4 is 0 Å². The van der Waals surface area contributed by atoms with Crippen molar-refractivity contribution in [3.63, 3.8) is 0 Å². The van der Waals surface area contributed by atoms with Crippen molar-refractivity contribution in [3.8, 4) is 0 Å². The molecule has 1 aromatic rings. The summed E-state index contributed by atoms with van der Waals surface area (Å²) in [4.78, 5) is 0. The van der Waals surface area contributed by atoms with Crippen molar-refractivity contribution in [2.24, 2.45) is 0 Å². The molecule has 2 rings (SSSR count). The summed E-state index contributed by atoms with van der Waals surface area (Å²) in [6.07, 6.45) is -0.500. The minimum atomic E-state index is -0.167. The zero-order valence-electron chi connectivity index (χ0n) is 19.5. The zero-order chi connectivity index (χ0) is 22.7. The zero-order valence-corrected chi connectivity index (χ0v) is 21.0. The molecular weight excluding hydrogens is 384 g/mol. The molecule has 0 atom stereocenters. The van der Waals surface area contributed by atoms with E-state index in [0.717, 1.165) is 0 Å². The monoisotopic (exact) mass is 425 g/mol. The van der Waals surface area contributed by atoms with Gasteiger partial charge < -0.3 is 15.3 Å². The summed E-state index contributed by atoms with van der Waals surface area (Å²) in [5.41, 5.74) is 7.32. The molecule has 0 saturated carbocycles. The first-order valence-electron chi connectivity index (χ1n) is 9.90. The average Bonchev–Trinajstić information content (AvgIpc) is 2.71. The van der Waals surface area contributed by atoms with Crippen molar-refractivity contribution >= 4 is 0 Å². The first-order valence-corrected chi connectivity index (χ1v) is 10.7. The second-order valence-corrected chi connectivity index (χ2v) is 9.07. The van der Waals surface area contributed by atoms with Gasteiger partial charge in [0.15, 0.2) is 0 Å². The van der Waals surface area contributed by atoms with Crippen LogP contribution in [0.5, 0.6) is 0 Å². The second-order valence-electron chi connectivity index (χ2n) is 7.90. The molecule has 0 fully saturated rings. The Kier molecular flexibility index (Phi) is 15.1. The van der Waals surface area contributed by atoms with Gasteiger partial charge in [0.25, 0.3) is 0 Å². The van der Waals surface area contributed by atoms with E-state index in [1.54, 1.807) is 41.5 Å². The number of benzene rings is 1. The van der Waals surface area contributed by atoms with Gasteiger partial charge >= 0.3 is 110 Å². The predicted molar refractivity (Wildman–Crippen MR) is 117 cm³/mol. The quantitative estimate of drug-likeness (QED) is 0.537. The van der Waals surface area contributed by atoms with Gasteiger partial charge in [-0.15, -0.1) is 0 Å². The van der Waals surface area contributed by atoms with Gasteiger partial charge in [-0.2, -0.15) is 0 Å². The van der Waals surface area contributed by atoms with Crippen LogP contribution in [0.1, 0.15) is 74.8 Å². The maximum atomic E-state index is 8.06. The summed E-state index contributed by atoms with van der Waals surface area (Å²) < 4.78 is 0.107. The van der Waals surface area contributed by atoms with Gasteiger partial charge in [-0.1, -0.05) is 0 Å². The van der Waals surface area contributed by atoms with Crippen LogP contribution in [0.4, 0.5) is 0 Å². The van der Waals surface area contributed by atoms with Gasteiger partial charge in [0, 0.05) is 18.3 Å². The van der Waals surface area contributed by atoms with Gasteiger partial charge in [-0.3, -0.25) is 0 Å². The molecule has 0 amide bonds. The van der Waals surface area contributed by atoms with Crippen molar-refractivity contribution in [2.45, 2.75) is 91.3 Å². The Balaban J connectivity index is 0. The molecule has 0 saturated heterocycles. The van der Waals surface area contributed by atoms with Gasteiger partial charge in [-0.25, -0.2) is 0 Å². The first-order chi connectivity index (χ1) is 12.7. The van der Waals surface area contributed by atoms with Crippen LogP contribution in [0.3, 0.4) is 0 Å². The molecule has 0 aromatic heterocycles. The molecule has 3 N–H and O–H groups in total. The SMILES string of the molecule is CC(C)O.CC(C)O.CC(C)O.CC1=C(C)[C]([Ti])(c2ccccc2)C(C)=C1C. The second kappa shape index (κ2) is 14.3. The van der Waals surface area contributed by atoms with Crippen LogP contribution in [-0.4, -0.2) is 33.6 Å². The summed E-state index contributed by atoms with van der Waals surface area (Å²) in [5.74, 6) is 0. The molecule has 0 unspecified atom stereocenters. The third kappa shape index (κ3) is 10.7. The van der Waals surface area contributed by atoms with Gasteiger partial charge in [0.1, 0.15) is 0 Å². The van der Waals surface area contributed by atoms with Crippen LogP contribution in [0.25, 0.3) is 0 Å². The molecule has 3 nitrogen and oxygen atoms in total. The summed E-state index contributed by atoms with van der Waals surface area (Å²) in [5, 5.41) is 24.2. The normalized spacial score (nSPS) is 15.0. The summed E-state index contributed by atoms with van der Waals surface area (Å²) in [7, 11) is 0. The van der Waals surface area contributed by atoms with E-state index in [1.165, 1.54) is 27.9 Å². The van der Waals surface area contributed by atoms with Crippen LogP contribution in [0.15, 0.2) is 52.6 Å². The summed E-state index contributed by atoms with van der Waals surface area (Å²) >= 11 is 2.34. The van der Waals surface area contributed by atoms with Crippen LogP contribution in [-0.2, 0) is 24.2 Å². The van der Waals surface area contributed by atoms with E-state index in [-0.39, 0.29) is 22.0 Å². The van der Waals surface area contributed by atoms with Gasteiger partial charge in [-0.05, 0) is 41.5 Å². The minimum absolute atomic E-state index is 0.107. The van der Waals surface area contributed by atoms with E-state index < -0.39 is 0 Å². The Morgan fingerprint density at radius 2 is 0.893 bits per heavy atom. The van der Waals surface area contributed by atoms with E-state index in [4.69, 9.17) is 15.3 Å². The summed E-state index contributed by atoms with van der Waals surface area (Å²) in [6.45, 7) is 19.3. The number of rotatable bonds is 1. The number of hydrogen-bond acceptors (Lipinski definition) is 3. The van der Waals surface area contributed by atoms with Crippen molar-refractivity contribution in [2.75, 3.05) is 0 Å². The standard InChI is InChI=1S/C15H17.3C3H8O.Ti/c1-10-11(2)13(4)15(12(10)3)14-8-6-5-7-9-14;3*1-3(2)4;/h5-9H,1-4H3;3*3-4H,1-2H3;. The topological polar surface area (TPSA) is 60.7 Å². The Morgan fingerprint density at radius 1 is 0.643 bits per heavy atom. The van der Waals surface area contributed by atoms with Crippen LogP contribution in [0, 0.1) is 0 Å². The van der Waals surface area contributed by atoms with Gasteiger partial charge in [0.05, 0.1) is 0 Å². The summed E-state index contributed by atoms with van der Waals surface area (Å²) in [6, 6.07) is 10.8. The molecule has 0 bridgehead atoms. The fourth-order valence-corrected chi connectivity index (χ4v) is 3.37. The molecule has 0 spiro atoms. The number of allylic oxidation sites excluding steroid dienone is 4. The fraction of sp³-hybridized carbons (Fsp3) is 0.583. The molecular formula is C24H41O3Ti. The Labute approximate surface area is 185 Å². The van der Waals surface area contributed by atoms with E-state index in [0.29, 0.717) is 0 Å². The Hall–Kier alpha value is -0.706. The predicted octanol–water partition coefficient (Wildman–Crippen LogP) is 5.28. The molecule has 1 aliphatic carbocycles. The van der Waals surface area contributed by atoms with Crippen LogP contribution >= 0.6 is 0 Å². The molecule has 28 heavy (non-hydrogen) atoms. The van der Waals surface area contributed by atoms with Crippen molar-refractivity contribution < 1.29 is 35.8 Å². The van der Waals surface area contributed by atoms with Crippen molar-refractivity contribution in [3.05, 3.63) is 58.2 Å². The third-order valence-electron chi connectivity index (χ3n) is 4.02. The van der Waals surface area contributed by atoms with Crippen molar-refractivity contribution in [1.82, 2.24) is 0 Å². The fourth-order valence-electron chi connectivity index (χ4n) is 2.53. The third-order valence-corrected chi connectivity index (χ3v) is 5.64. The molecule has 0 heterocycles. The molecule has 1 aliphatic rings. The molecule has 0 radical (unpaired) electrons. The molecule has 0 aliphatic heterocycles. The number of hydrogen-bond donors (Lipinski definition) is 3. The van der Waals surface area contributed by atoms with Crippen LogP contribution in [0.2, 0.25) is 0 Å². The number of aliphatic hydroxyl groups excluding tert-OH is 3. The number of aliphatic hydroxyl groups is 3. The van der Waals surface area contributed by atoms with Gasteiger partial charge in [0.2, 0.25) is 0 Å². The first kappa shape index (κ1) is 29.5. The van der Waals surface area contributed by atoms with E-state index in [9.17, 15) is 0 Å². The molecule has 1 aromatic carbocycles. The van der Waals surface area contributed by atoms with Crippen molar-refractivity contribution in [1.29, 1.82) is 0 Å². The maximum absolute atomic E-state index is 8.06. The molecule has 4 heteroatoms. The average molecular weight is 425 g/mol. The Morgan fingerprint density at radius 3 is 1.14 bits per heavy atom. The Bertz CT molecular complexity index is 567. The van der Waals surface area contributed by atoms with E-state index in [1.807, 2.05) is 0 Å². The van der Waals surface area contributed by atoms with E-state index >= 15 is 0 Å².